The van der Waals surface area contributed by atoms with Gasteiger partial charge in [-0.1, -0.05) is 0 Å². The Hall–Kier alpha value is -1.43. The summed E-state index contributed by atoms with van der Waals surface area (Å²) >= 11 is 0. The molecule has 0 aliphatic heterocycles. The van der Waals surface area contributed by atoms with Crippen LogP contribution in [0.3, 0.4) is 0 Å². The summed E-state index contributed by atoms with van der Waals surface area (Å²) in [4.78, 5) is 14.3. The minimum Gasteiger partial charge on any atom is -0.475 e. The van der Waals surface area contributed by atoms with Gasteiger partial charge in [0.2, 0.25) is 0 Å². The summed E-state index contributed by atoms with van der Waals surface area (Å²) in [6, 6.07) is 0. The van der Waals surface area contributed by atoms with Crippen LogP contribution in [0.4, 0.5) is 0 Å². The highest BCUT2D eigenvalue weighted by Gasteiger charge is 2.17. The lowest BCUT2D eigenvalue weighted by atomic mass is 10.4. The monoisotopic (exact) mass is 185 g/mol. The highest BCUT2D eigenvalue weighted by Crippen LogP contribution is 2.11. The average molecular weight is 185 g/mol. The van der Waals surface area contributed by atoms with Gasteiger partial charge in [-0.2, -0.15) is 0 Å². The van der Waals surface area contributed by atoms with Crippen LogP contribution in [0, 0.1) is 0 Å². The summed E-state index contributed by atoms with van der Waals surface area (Å²) < 4.78 is 6.39. The third-order valence-corrected chi connectivity index (χ3v) is 1.71. The van der Waals surface area contributed by atoms with E-state index >= 15 is 0 Å². The molecular weight excluding hydrogens is 174 g/mol. The number of rotatable bonds is 3. The van der Waals surface area contributed by atoms with Gasteiger partial charge in [0.25, 0.3) is 5.82 Å². The number of hydrogen-bond acceptors (Lipinski definition) is 4. The van der Waals surface area contributed by atoms with Crippen molar-refractivity contribution in [2.24, 2.45) is 7.05 Å². The summed E-state index contributed by atoms with van der Waals surface area (Å²) in [7, 11) is 3.16. The number of ether oxygens (including phenoxy) is 1. The largest absolute Gasteiger partial charge is 0.475 e. The molecule has 1 unspecified atom stereocenters. The lowest BCUT2D eigenvalue weighted by Crippen LogP contribution is -2.05. The second-order valence-corrected chi connectivity index (χ2v) is 2.60. The molecule has 0 bridgehead atoms. The van der Waals surface area contributed by atoms with Crippen LogP contribution in [0.1, 0.15) is 29.5 Å². The lowest BCUT2D eigenvalue weighted by molar-refractivity contribution is 0.0683. The van der Waals surface area contributed by atoms with E-state index in [1.807, 2.05) is 0 Å². The molecule has 0 saturated heterocycles. The Bertz CT molecular complexity index is 321. The normalized spacial score (nSPS) is 12.8. The summed E-state index contributed by atoms with van der Waals surface area (Å²) in [5.74, 6) is -0.841. The number of methoxy groups -OCH3 is 1. The third kappa shape index (κ3) is 1.83. The van der Waals surface area contributed by atoms with Crippen LogP contribution in [0.2, 0.25) is 0 Å². The molecule has 1 rings (SSSR count). The molecule has 1 aromatic heterocycles. The number of hydrogen-bond donors (Lipinski definition) is 1. The van der Waals surface area contributed by atoms with E-state index < -0.39 is 5.97 Å². The summed E-state index contributed by atoms with van der Waals surface area (Å²) in [6.45, 7) is 1.77. The SMILES string of the molecule is COC(C)c1nc(C(=O)O)nn1C. The molecule has 72 valence electrons. The van der Waals surface area contributed by atoms with Crippen molar-refractivity contribution < 1.29 is 14.6 Å². The molecular formula is C7H11N3O3. The van der Waals surface area contributed by atoms with Crippen molar-refractivity contribution in [3.8, 4) is 0 Å². The lowest BCUT2D eigenvalue weighted by Gasteiger charge is -2.06. The molecule has 1 aromatic rings. The highest BCUT2D eigenvalue weighted by atomic mass is 16.5. The first-order valence-corrected chi connectivity index (χ1v) is 3.73. The maximum absolute atomic E-state index is 10.5. The molecule has 0 spiro atoms. The highest BCUT2D eigenvalue weighted by molar-refractivity contribution is 5.82. The minimum absolute atomic E-state index is 0.207. The van der Waals surface area contributed by atoms with Crippen molar-refractivity contribution in [3.63, 3.8) is 0 Å². The van der Waals surface area contributed by atoms with Gasteiger partial charge in [0.1, 0.15) is 6.10 Å². The molecule has 0 fully saturated rings. The van der Waals surface area contributed by atoms with Crippen LogP contribution < -0.4 is 0 Å². The molecule has 6 nitrogen and oxygen atoms in total. The van der Waals surface area contributed by atoms with Gasteiger partial charge in [-0.05, 0) is 6.92 Å². The number of aryl methyl sites for hydroxylation is 1. The van der Waals surface area contributed by atoms with Crippen LogP contribution in [-0.4, -0.2) is 33.0 Å². The van der Waals surface area contributed by atoms with Crippen molar-refractivity contribution in [1.82, 2.24) is 14.8 Å². The molecule has 0 saturated carbocycles. The quantitative estimate of drug-likeness (QED) is 0.728. The Morgan fingerprint density at radius 3 is 2.69 bits per heavy atom. The first kappa shape index (κ1) is 9.66. The second-order valence-electron chi connectivity index (χ2n) is 2.60. The number of carboxylic acids is 1. The van der Waals surface area contributed by atoms with Gasteiger partial charge < -0.3 is 9.84 Å². The molecule has 1 atom stereocenters. The average Bonchev–Trinajstić information content (AvgIpc) is 2.46. The van der Waals surface area contributed by atoms with Gasteiger partial charge in [-0.25, -0.2) is 14.5 Å². The van der Waals surface area contributed by atoms with Crippen molar-refractivity contribution in [2.75, 3.05) is 7.11 Å². The fraction of sp³-hybridized carbons (Fsp3) is 0.571. The second kappa shape index (κ2) is 3.53. The molecule has 1 N–H and O–H groups in total. The Morgan fingerprint density at radius 1 is 1.69 bits per heavy atom. The number of carbonyl (C=O) groups is 1. The summed E-state index contributed by atoms with van der Waals surface area (Å²) in [5.41, 5.74) is 0. The fourth-order valence-electron chi connectivity index (χ4n) is 0.947. The topological polar surface area (TPSA) is 77.2 Å². The number of aromatic nitrogens is 3. The van der Waals surface area contributed by atoms with Crippen molar-refractivity contribution in [1.29, 1.82) is 0 Å². The molecule has 13 heavy (non-hydrogen) atoms. The zero-order valence-corrected chi connectivity index (χ0v) is 7.68. The van der Waals surface area contributed by atoms with Gasteiger partial charge in [-0.3, -0.25) is 0 Å². The van der Waals surface area contributed by atoms with E-state index in [-0.39, 0.29) is 11.9 Å². The smallest absolute Gasteiger partial charge is 0.375 e. The molecule has 1 heterocycles. The van der Waals surface area contributed by atoms with Crippen molar-refractivity contribution in [2.45, 2.75) is 13.0 Å². The molecule has 0 aliphatic rings. The number of carboxylic acid groups (broad SMARTS) is 1. The van der Waals surface area contributed by atoms with Crippen molar-refractivity contribution >= 4 is 5.97 Å². The minimum atomic E-state index is -1.13. The Labute approximate surface area is 75.2 Å². The zero-order valence-electron chi connectivity index (χ0n) is 7.68. The van der Waals surface area contributed by atoms with Gasteiger partial charge >= 0.3 is 5.97 Å². The van der Waals surface area contributed by atoms with Crippen LogP contribution in [0.15, 0.2) is 0 Å². The predicted molar refractivity (Wildman–Crippen MR) is 43.4 cm³/mol. The molecule has 0 amide bonds. The number of nitrogens with zero attached hydrogens (tertiary/aromatic N) is 3. The van der Waals surface area contributed by atoms with E-state index in [4.69, 9.17) is 9.84 Å². The van der Waals surface area contributed by atoms with Crippen LogP contribution >= 0.6 is 0 Å². The predicted octanol–water partition coefficient (Wildman–Crippen LogP) is 0.221. The van der Waals surface area contributed by atoms with Gasteiger partial charge in [0.05, 0.1) is 0 Å². The Morgan fingerprint density at radius 2 is 2.31 bits per heavy atom. The third-order valence-electron chi connectivity index (χ3n) is 1.71. The first-order valence-electron chi connectivity index (χ1n) is 3.73. The van der Waals surface area contributed by atoms with Gasteiger partial charge in [0, 0.05) is 14.2 Å². The van der Waals surface area contributed by atoms with Crippen LogP contribution in [0.25, 0.3) is 0 Å². The van der Waals surface area contributed by atoms with E-state index in [2.05, 4.69) is 10.1 Å². The number of aromatic carboxylic acids is 1. The Balaban J connectivity index is 3.02. The van der Waals surface area contributed by atoms with Crippen molar-refractivity contribution in [3.05, 3.63) is 11.6 Å². The van der Waals surface area contributed by atoms with E-state index in [0.29, 0.717) is 5.82 Å². The summed E-state index contributed by atoms with van der Waals surface area (Å²) in [5, 5.41) is 12.3. The maximum atomic E-state index is 10.5. The van der Waals surface area contributed by atoms with Crippen LogP contribution in [-0.2, 0) is 11.8 Å². The van der Waals surface area contributed by atoms with Gasteiger partial charge in [0.15, 0.2) is 5.82 Å². The van der Waals surface area contributed by atoms with E-state index in [1.165, 1.54) is 11.8 Å². The fourth-order valence-corrected chi connectivity index (χ4v) is 0.947. The summed E-state index contributed by atoms with van der Waals surface area (Å²) in [6.07, 6.45) is -0.259. The first-order chi connectivity index (χ1) is 6.06. The van der Waals surface area contributed by atoms with E-state index in [1.54, 1.807) is 14.0 Å². The van der Waals surface area contributed by atoms with E-state index in [0.717, 1.165) is 0 Å². The molecule has 0 aromatic carbocycles. The molecule has 0 aliphatic carbocycles. The van der Waals surface area contributed by atoms with Gasteiger partial charge in [-0.15, -0.1) is 5.10 Å². The molecule has 0 radical (unpaired) electrons. The Kier molecular flexibility index (Phi) is 2.62. The molecule has 6 heteroatoms. The maximum Gasteiger partial charge on any atom is 0.375 e. The van der Waals surface area contributed by atoms with Crippen LogP contribution in [0.5, 0.6) is 0 Å². The standard InChI is InChI=1S/C7H11N3O3/c1-4(13-3)6-8-5(7(11)12)9-10(6)2/h4H,1-3H3,(H,11,12). The zero-order chi connectivity index (χ0) is 10.0. The van der Waals surface area contributed by atoms with E-state index in [9.17, 15) is 4.79 Å².